The molecule has 0 aromatic carbocycles. The fourth-order valence-electron chi connectivity index (χ4n) is 0.370. The summed E-state index contributed by atoms with van der Waals surface area (Å²) >= 11 is 0. The molecule has 0 saturated carbocycles. The van der Waals surface area contributed by atoms with E-state index in [0.29, 0.717) is 0 Å². The van der Waals surface area contributed by atoms with Crippen LogP contribution < -0.4 is 5.73 Å². The van der Waals surface area contributed by atoms with Crippen LogP contribution in [0.4, 0.5) is 30.7 Å². The zero-order valence-electron chi connectivity index (χ0n) is 5.38. The molecular formula is C4H4F7N. The van der Waals surface area contributed by atoms with E-state index in [4.69, 9.17) is 0 Å². The Kier molecular flexibility index (Phi) is 2.94. The van der Waals surface area contributed by atoms with E-state index in [0.717, 1.165) is 0 Å². The maximum absolute atomic E-state index is 11.8. The lowest BCUT2D eigenvalue weighted by atomic mass is 10.2. The molecule has 0 bridgehead atoms. The molecule has 0 aromatic rings. The minimum Gasteiger partial charge on any atom is -0.317 e. The second-order valence-corrected chi connectivity index (χ2v) is 2.01. The zero-order chi connectivity index (χ0) is 10.2. The lowest BCUT2D eigenvalue weighted by Crippen LogP contribution is -2.51. The first kappa shape index (κ1) is 11.5. The summed E-state index contributed by atoms with van der Waals surface area (Å²) in [7, 11) is 0. The Morgan fingerprint density at radius 2 is 1.17 bits per heavy atom. The van der Waals surface area contributed by atoms with E-state index < -0.39 is 24.6 Å². The Hall–Kier alpha value is -0.530. The van der Waals surface area contributed by atoms with Crippen LogP contribution in [0.1, 0.15) is 0 Å². The summed E-state index contributed by atoms with van der Waals surface area (Å²) in [4.78, 5) is 0. The van der Waals surface area contributed by atoms with Crippen molar-refractivity contribution in [2.24, 2.45) is 5.73 Å². The molecule has 0 fully saturated rings. The second kappa shape index (κ2) is 3.08. The number of halogens is 7. The molecule has 0 aliphatic rings. The topological polar surface area (TPSA) is 26.0 Å². The van der Waals surface area contributed by atoms with Gasteiger partial charge in [0.05, 0.1) is 0 Å². The summed E-state index contributed by atoms with van der Waals surface area (Å²) in [6.45, 7) is 0. The van der Waals surface area contributed by atoms with Crippen molar-refractivity contribution < 1.29 is 30.7 Å². The Balaban J connectivity index is 4.41. The molecule has 12 heavy (non-hydrogen) atoms. The molecule has 2 atom stereocenters. The number of nitrogens with two attached hydrogens (primary N) is 1. The van der Waals surface area contributed by atoms with Crippen molar-refractivity contribution in [1.82, 2.24) is 0 Å². The van der Waals surface area contributed by atoms with Crippen molar-refractivity contribution in [3.63, 3.8) is 0 Å². The number of hydrogen-bond acceptors (Lipinski definition) is 1. The minimum absolute atomic E-state index is 3.52. The van der Waals surface area contributed by atoms with Crippen molar-refractivity contribution >= 4 is 0 Å². The van der Waals surface area contributed by atoms with Gasteiger partial charge in [0.25, 0.3) is 0 Å². The van der Waals surface area contributed by atoms with Gasteiger partial charge in [0.1, 0.15) is 6.04 Å². The van der Waals surface area contributed by atoms with Gasteiger partial charge in [-0.3, -0.25) is 0 Å². The Bertz CT molecular complexity index is 128. The molecule has 74 valence electrons. The Labute approximate surface area is 62.3 Å². The molecule has 0 saturated heterocycles. The predicted octanol–water partition coefficient (Wildman–Crippen LogP) is 1.78. The third-order valence-corrected chi connectivity index (χ3v) is 1.01. The molecule has 0 amide bonds. The maximum atomic E-state index is 11.8. The molecule has 2 unspecified atom stereocenters. The summed E-state index contributed by atoms with van der Waals surface area (Å²) in [6, 6.07) is -3.52. The van der Waals surface area contributed by atoms with Crippen LogP contribution in [-0.2, 0) is 0 Å². The highest BCUT2D eigenvalue weighted by Crippen LogP contribution is 2.31. The van der Waals surface area contributed by atoms with E-state index in [1.165, 1.54) is 0 Å². The average molecular weight is 199 g/mol. The fraction of sp³-hybridized carbons (Fsp3) is 1.00. The summed E-state index contributed by atoms with van der Waals surface area (Å²) in [5.74, 6) is 0. The molecule has 1 nitrogen and oxygen atoms in total. The van der Waals surface area contributed by atoms with Crippen LogP contribution in [0.2, 0.25) is 0 Å². The third kappa shape index (κ3) is 2.84. The Morgan fingerprint density at radius 3 is 1.25 bits per heavy atom. The first-order valence-corrected chi connectivity index (χ1v) is 2.60. The van der Waals surface area contributed by atoms with Crippen LogP contribution in [0.5, 0.6) is 0 Å². The molecule has 2 N–H and O–H groups in total. The summed E-state index contributed by atoms with van der Waals surface area (Å²) in [5.41, 5.74) is 3.96. The molecule has 0 aliphatic heterocycles. The highest BCUT2D eigenvalue weighted by Gasteiger charge is 2.54. The SMILES string of the molecule is NC(C(F)C(F)(F)F)C(F)(F)F. The lowest BCUT2D eigenvalue weighted by Gasteiger charge is -2.21. The first-order valence-electron chi connectivity index (χ1n) is 2.60. The van der Waals surface area contributed by atoms with Crippen LogP contribution in [0.25, 0.3) is 0 Å². The number of rotatable bonds is 1. The van der Waals surface area contributed by atoms with Gasteiger partial charge in [-0.15, -0.1) is 0 Å². The molecule has 0 aliphatic carbocycles. The minimum atomic E-state index is -5.57. The third-order valence-electron chi connectivity index (χ3n) is 1.01. The predicted molar refractivity (Wildman–Crippen MR) is 25.0 cm³/mol. The standard InChI is InChI=1S/C4H4F7N/c5-1(3(6,7)8)2(12)4(9,10)11/h1-2H,12H2. The monoisotopic (exact) mass is 199 g/mol. The van der Waals surface area contributed by atoms with Gasteiger partial charge in [-0.05, 0) is 0 Å². The van der Waals surface area contributed by atoms with Crippen molar-refractivity contribution in [2.75, 3.05) is 0 Å². The fourth-order valence-corrected chi connectivity index (χ4v) is 0.370. The second-order valence-electron chi connectivity index (χ2n) is 2.01. The van der Waals surface area contributed by atoms with Crippen LogP contribution in [-0.4, -0.2) is 24.6 Å². The van der Waals surface area contributed by atoms with Crippen molar-refractivity contribution in [3.05, 3.63) is 0 Å². The molecule has 0 heterocycles. The quantitative estimate of drug-likeness (QED) is 0.640. The van der Waals surface area contributed by atoms with Crippen molar-refractivity contribution in [1.29, 1.82) is 0 Å². The van der Waals surface area contributed by atoms with E-state index in [-0.39, 0.29) is 0 Å². The highest BCUT2D eigenvalue weighted by atomic mass is 19.4. The Morgan fingerprint density at radius 1 is 0.833 bits per heavy atom. The molecule has 0 radical (unpaired) electrons. The van der Waals surface area contributed by atoms with Gasteiger partial charge in [-0.2, -0.15) is 26.3 Å². The first-order chi connectivity index (χ1) is 5.07. The van der Waals surface area contributed by atoms with Crippen LogP contribution in [0, 0.1) is 0 Å². The van der Waals surface area contributed by atoms with Gasteiger partial charge in [0.15, 0.2) is 0 Å². The summed E-state index contributed by atoms with van der Waals surface area (Å²) in [5, 5.41) is 0. The molecular weight excluding hydrogens is 195 g/mol. The highest BCUT2D eigenvalue weighted by molar-refractivity contribution is 4.84. The molecule has 0 rings (SSSR count). The molecule has 8 heteroatoms. The molecule has 0 aromatic heterocycles. The van der Waals surface area contributed by atoms with E-state index in [2.05, 4.69) is 5.73 Å². The van der Waals surface area contributed by atoms with E-state index in [1.54, 1.807) is 0 Å². The summed E-state index contributed by atoms with van der Waals surface area (Å²) in [6.07, 6.45) is -15.0. The van der Waals surface area contributed by atoms with Crippen molar-refractivity contribution in [3.8, 4) is 0 Å². The van der Waals surface area contributed by atoms with Gasteiger partial charge in [0, 0.05) is 0 Å². The van der Waals surface area contributed by atoms with Gasteiger partial charge in [0.2, 0.25) is 6.17 Å². The largest absolute Gasteiger partial charge is 0.421 e. The van der Waals surface area contributed by atoms with Crippen LogP contribution in [0.15, 0.2) is 0 Å². The number of hydrogen-bond donors (Lipinski definition) is 1. The number of alkyl halides is 7. The van der Waals surface area contributed by atoms with E-state index >= 15 is 0 Å². The summed E-state index contributed by atoms with van der Waals surface area (Å²) < 4.78 is 79.7. The van der Waals surface area contributed by atoms with Crippen LogP contribution in [0.3, 0.4) is 0 Å². The van der Waals surface area contributed by atoms with Gasteiger partial charge >= 0.3 is 12.4 Å². The van der Waals surface area contributed by atoms with E-state index in [1.807, 2.05) is 0 Å². The van der Waals surface area contributed by atoms with Crippen LogP contribution >= 0.6 is 0 Å². The van der Waals surface area contributed by atoms with E-state index in [9.17, 15) is 30.7 Å². The average Bonchev–Trinajstić information content (AvgIpc) is 1.80. The van der Waals surface area contributed by atoms with Gasteiger partial charge in [-0.25, -0.2) is 4.39 Å². The van der Waals surface area contributed by atoms with Gasteiger partial charge in [-0.1, -0.05) is 0 Å². The smallest absolute Gasteiger partial charge is 0.317 e. The lowest BCUT2D eigenvalue weighted by molar-refractivity contribution is -0.232. The zero-order valence-corrected chi connectivity index (χ0v) is 5.38. The van der Waals surface area contributed by atoms with Gasteiger partial charge < -0.3 is 5.73 Å². The normalized spacial score (nSPS) is 19.0. The molecule has 0 spiro atoms. The maximum Gasteiger partial charge on any atom is 0.421 e. The van der Waals surface area contributed by atoms with Crippen molar-refractivity contribution in [2.45, 2.75) is 24.6 Å².